The van der Waals surface area contributed by atoms with E-state index in [2.05, 4.69) is 111 Å². The minimum atomic E-state index is -4.63. The molecule has 426 valence electrons. The molecule has 0 rings (SSSR count). The van der Waals surface area contributed by atoms with Crippen molar-refractivity contribution < 1.29 is 42.1 Å². The van der Waals surface area contributed by atoms with Crippen molar-refractivity contribution in [2.75, 3.05) is 47.5 Å². The van der Waals surface area contributed by atoms with Crippen LogP contribution in [0.4, 0.5) is 0 Å². The quantitative estimate of drug-likeness (QED) is 0.0195. The molecule has 9 nitrogen and oxygen atoms in total. The van der Waals surface area contributed by atoms with Crippen molar-refractivity contribution in [3.63, 3.8) is 0 Å². The number of hydrogen-bond acceptors (Lipinski definition) is 8. The van der Waals surface area contributed by atoms with E-state index in [0.29, 0.717) is 17.4 Å². The first kappa shape index (κ1) is 70.9. The van der Waals surface area contributed by atoms with E-state index in [1.54, 1.807) is 0 Å². The lowest BCUT2D eigenvalue weighted by atomic mass is 10.0. The molecule has 0 aliphatic heterocycles. The molecular weight excluding hydrogens is 942 g/mol. The summed E-state index contributed by atoms with van der Waals surface area (Å²) in [5.74, 6) is -0.834. The Morgan fingerprint density at radius 3 is 1.15 bits per heavy atom. The molecule has 2 unspecified atom stereocenters. The number of quaternary nitrogens is 1. The monoisotopic (exact) mass is 1050 g/mol. The molecule has 0 aromatic heterocycles. The van der Waals surface area contributed by atoms with Gasteiger partial charge in [0.15, 0.2) is 6.10 Å². The zero-order valence-corrected chi connectivity index (χ0v) is 49.2. The SMILES string of the molecule is CC/C=C\C/C=C\C/C=C\C/C=C\C/C=C\C/C=C\C/C=C\C/C=C\CCCCCCCCCCCCCCCCCCC(=O)OC(COC(=O)CCCCCCCCCCC)COP(=O)([O-])OCC[N+](C)(C)C. The number of esters is 2. The maximum absolute atomic E-state index is 12.7. The molecule has 10 heteroatoms. The summed E-state index contributed by atoms with van der Waals surface area (Å²) in [6.07, 6.45) is 74.9. The highest BCUT2D eigenvalue weighted by atomic mass is 31.2. The number of carbonyl (C=O) groups excluding carboxylic acids is 2. The third-order valence-electron chi connectivity index (χ3n) is 12.6. The number of rotatable bonds is 54. The molecule has 0 aliphatic rings. The smallest absolute Gasteiger partial charge is 0.306 e. The van der Waals surface area contributed by atoms with Crippen LogP contribution < -0.4 is 4.89 Å². The fraction of sp³-hybridized carbons (Fsp3) is 0.719. The second-order valence-corrected chi connectivity index (χ2v) is 22.4. The van der Waals surface area contributed by atoms with Crippen LogP contribution in [0.2, 0.25) is 0 Å². The normalized spacial score (nSPS) is 14.0. The van der Waals surface area contributed by atoms with Crippen molar-refractivity contribution in [2.45, 2.75) is 251 Å². The zero-order chi connectivity index (χ0) is 54.2. The Labute approximate surface area is 455 Å². The van der Waals surface area contributed by atoms with E-state index in [1.807, 2.05) is 21.1 Å². The molecule has 0 amide bonds. The van der Waals surface area contributed by atoms with Crippen LogP contribution in [0.1, 0.15) is 245 Å². The van der Waals surface area contributed by atoms with Gasteiger partial charge in [-0.1, -0.05) is 252 Å². The molecule has 0 bridgehead atoms. The summed E-state index contributed by atoms with van der Waals surface area (Å²) < 4.78 is 34.0. The minimum Gasteiger partial charge on any atom is -0.756 e. The Morgan fingerprint density at radius 1 is 0.432 bits per heavy atom. The highest BCUT2D eigenvalue weighted by Gasteiger charge is 2.22. The third kappa shape index (κ3) is 58.2. The molecule has 0 aliphatic carbocycles. The van der Waals surface area contributed by atoms with Crippen LogP contribution >= 0.6 is 7.82 Å². The van der Waals surface area contributed by atoms with Crippen molar-refractivity contribution >= 4 is 19.8 Å². The summed E-state index contributed by atoms with van der Waals surface area (Å²) in [6, 6.07) is 0. The molecule has 0 saturated carbocycles. The Hall–Kier alpha value is -3.07. The average Bonchev–Trinajstić information content (AvgIpc) is 3.36. The number of hydrogen-bond donors (Lipinski definition) is 0. The largest absolute Gasteiger partial charge is 0.756 e. The van der Waals surface area contributed by atoms with Gasteiger partial charge in [-0.15, -0.1) is 0 Å². The van der Waals surface area contributed by atoms with E-state index >= 15 is 0 Å². The van der Waals surface area contributed by atoms with Crippen LogP contribution in [-0.4, -0.2) is 70.0 Å². The summed E-state index contributed by atoms with van der Waals surface area (Å²) in [7, 11) is 1.17. The Bertz CT molecular complexity index is 1570. The lowest BCUT2D eigenvalue weighted by Crippen LogP contribution is -2.37. The number of likely N-dealkylation sites (N-methyl/N-ethyl adjacent to an activating group) is 1. The van der Waals surface area contributed by atoms with Gasteiger partial charge in [0.05, 0.1) is 27.7 Å². The second-order valence-electron chi connectivity index (χ2n) is 21.0. The van der Waals surface area contributed by atoms with Crippen LogP contribution in [0.3, 0.4) is 0 Å². The van der Waals surface area contributed by atoms with Gasteiger partial charge in [0.1, 0.15) is 19.8 Å². The standard InChI is InChI=1S/C64H112NO8P/c1-6-8-10-12-14-16-17-18-19-20-21-22-23-24-25-26-27-28-29-30-31-32-33-34-35-36-37-38-39-40-41-42-43-44-45-46-47-49-51-53-55-57-64(67)73-62(61-72-74(68,69)71-59-58-65(3,4)5)60-70-63(66)56-54-52-50-48-15-13-11-9-7-2/h8,10,14,16,18-19,21-22,24-25,27-28,30-31,33-34,62H,6-7,9,11-13,15,17,20,23,26,29,32,35-61H2,1-5H3/b10-8-,16-14-,19-18-,22-21-,25-24-,28-27-,31-30-,34-33-. The minimum absolute atomic E-state index is 0.0317. The van der Waals surface area contributed by atoms with Gasteiger partial charge in [0.25, 0.3) is 7.82 Å². The van der Waals surface area contributed by atoms with Gasteiger partial charge in [-0.05, 0) is 77.0 Å². The Balaban J connectivity index is 3.91. The molecule has 0 saturated heterocycles. The maximum Gasteiger partial charge on any atom is 0.306 e. The van der Waals surface area contributed by atoms with Crippen LogP contribution in [0.25, 0.3) is 0 Å². The van der Waals surface area contributed by atoms with Crippen molar-refractivity contribution in [3.05, 3.63) is 97.2 Å². The Kier molecular flexibility index (Phi) is 52.4. The van der Waals surface area contributed by atoms with Crippen LogP contribution in [-0.2, 0) is 32.7 Å². The first-order chi connectivity index (χ1) is 36.0. The van der Waals surface area contributed by atoms with E-state index in [0.717, 1.165) is 89.9 Å². The summed E-state index contributed by atoms with van der Waals surface area (Å²) in [4.78, 5) is 37.6. The predicted molar refractivity (Wildman–Crippen MR) is 314 cm³/mol. The molecule has 0 spiro atoms. The highest BCUT2D eigenvalue weighted by molar-refractivity contribution is 7.45. The van der Waals surface area contributed by atoms with Gasteiger partial charge >= 0.3 is 11.9 Å². The highest BCUT2D eigenvalue weighted by Crippen LogP contribution is 2.38. The van der Waals surface area contributed by atoms with E-state index in [9.17, 15) is 19.0 Å². The van der Waals surface area contributed by atoms with E-state index in [4.69, 9.17) is 18.5 Å². The molecular formula is C64H112NO8P. The number of allylic oxidation sites excluding steroid dienone is 16. The lowest BCUT2D eigenvalue weighted by Gasteiger charge is -2.28. The average molecular weight is 1050 g/mol. The molecule has 0 aromatic rings. The molecule has 0 aromatic carbocycles. The number of nitrogens with zero attached hydrogens (tertiary/aromatic N) is 1. The summed E-state index contributed by atoms with van der Waals surface area (Å²) >= 11 is 0. The molecule has 0 N–H and O–H groups in total. The predicted octanol–water partition coefficient (Wildman–Crippen LogP) is 18.2. The second kappa shape index (κ2) is 54.7. The van der Waals surface area contributed by atoms with Gasteiger partial charge < -0.3 is 27.9 Å². The van der Waals surface area contributed by atoms with Crippen molar-refractivity contribution in [1.29, 1.82) is 0 Å². The van der Waals surface area contributed by atoms with E-state index in [-0.39, 0.29) is 32.0 Å². The van der Waals surface area contributed by atoms with Gasteiger partial charge in [-0.2, -0.15) is 0 Å². The van der Waals surface area contributed by atoms with Crippen molar-refractivity contribution in [1.82, 2.24) is 0 Å². The number of carbonyl (C=O) groups is 2. The summed E-state index contributed by atoms with van der Waals surface area (Å²) in [5, 5.41) is 0. The third-order valence-corrected chi connectivity index (χ3v) is 13.6. The maximum atomic E-state index is 12.7. The van der Waals surface area contributed by atoms with Crippen LogP contribution in [0, 0.1) is 0 Å². The molecule has 0 fully saturated rings. The van der Waals surface area contributed by atoms with Gasteiger partial charge in [-0.3, -0.25) is 14.2 Å². The topological polar surface area (TPSA) is 111 Å². The first-order valence-corrected chi connectivity index (χ1v) is 31.4. The number of ether oxygens (including phenoxy) is 2. The van der Waals surface area contributed by atoms with Crippen LogP contribution in [0.15, 0.2) is 97.2 Å². The fourth-order valence-corrected chi connectivity index (χ4v) is 8.75. The summed E-state index contributed by atoms with van der Waals surface area (Å²) in [6.45, 7) is 4.10. The van der Waals surface area contributed by atoms with Gasteiger partial charge in [-0.25, -0.2) is 0 Å². The number of phosphoric ester groups is 1. The fourth-order valence-electron chi connectivity index (χ4n) is 8.03. The Morgan fingerprint density at radius 2 is 0.770 bits per heavy atom. The lowest BCUT2D eigenvalue weighted by molar-refractivity contribution is -0.870. The number of unbranched alkanes of at least 4 members (excludes halogenated alkanes) is 24. The van der Waals surface area contributed by atoms with Gasteiger partial charge in [0, 0.05) is 12.8 Å². The molecule has 0 radical (unpaired) electrons. The van der Waals surface area contributed by atoms with Gasteiger partial charge in [0.2, 0.25) is 0 Å². The first-order valence-electron chi connectivity index (χ1n) is 29.9. The molecule has 0 heterocycles. The van der Waals surface area contributed by atoms with E-state index in [1.165, 1.54) is 122 Å². The molecule has 2 atom stereocenters. The van der Waals surface area contributed by atoms with Crippen LogP contribution in [0.5, 0.6) is 0 Å². The molecule has 74 heavy (non-hydrogen) atoms. The van der Waals surface area contributed by atoms with Crippen molar-refractivity contribution in [2.24, 2.45) is 0 Å². The van der Waals surface area contributed by atoms with Crippen molar-refractivity contribution in [3.8, 4) is 0 Å². The van der Waals surface area contributed by atoms with E-state index < -0.39 is 26.5 Å². The summed E-state index contributed by atoms with van der Waals surface area (Å²) in [5.41, 5.74) is 0. The zero-order valence-electron chi connectivity index (χ0n) is 48.3. The number of phosphoric acid groups is 1.